The standard InChI is InChI=1S/C12H10ClNO5/c1-5-10(15)6(3-7(13)11(5)18-2)9-4-8(12(16)17)14-19-9/h3-4,15H,1-2H3,(H,16,17). The number of halogens is 1. The summed E-state index contributed by atoms with van der Waals surface area (Å²) >= 11 is 6.01. The first kappa shape index (κ1) is 13.2. The van der Waals surface area contributed by atoms with Crippen molar-refractivity contribution in [2.45, 2.75) is 6.92 Å². The van der Waals surface area contributed by atoms with Crippen LogP contribution in [0.15, 0.2) is 16.7 Å². The highest BCUT2D eigenvalue weighted by Gasteiger charge is 2.20. The largest absolute Gasteiger partial charge is 0.507 e. The number of aromatic nitrogens is 1. The van der Waals surface area contributed by atoms with E-state index in [1.165, 1.54) is 19.2 Å². The van der Waals surface area contributed by atoms with Crippen LogP contribution in [0.5, 0.6) is 11.5 Å². The van der Waals surface area contributed by atoms with Crippen molar-refractivity contribution in [3.8, 4) is 22.8 Å². The third kappa shape index (κ3) is 2.22. The molecule has 0 saturated heterocycles. The van der Waals surface area contributed by atoms with Crippen molar-refractivity contribution in [2.24, 2.45) is 0 Å². The lowest BCUT2D eigenvalue weighted by Crippen LogP contribution is -1.94. The van der Waals surface area contributed by atoms with Crippen LogP contribution in [0.3, 0.4) is 0 Å². The Hall–Kier alpha value is -2.21. The minimum atomic E-state index is -1.22. The maximum atomic E-state index is 10.7. The molecule has 0 fully saturated rings. The molecule has 0 aliphatic heterocycles. The summed E-state index contributed by atoms with van der Waals surface area (Å²) in [5.74, 6) is -0.858. The molecule has 100 valence electrons. The van der Waals surface area contributed by atoms with Gasteiger partial charge >= 0.3 is 5.97 Å². The number of hydrogen-bond donors (Lipinski definition) is 2. The Bertz CT molecular complexity index is 650. The fourth-order valence-electron chi connectivity index (χ4n) is 1.69. The Morgan fingerprint density at radius 1 is 1.47 bits per heavy atom. The Balaban J connectivity index is 2.59. The molecule has 2 aromatic rings. The van der Waals surface area contributed by atoms with Gasteiger partial charge in [-0.15, -0.1) is 0 Å². The van der Waals surface area contributed by atoms with Crippen LogP contribution in [-0.2, 0) is 0 Å². The smallest absolute Gasteiger partial charge is 0.358 e. The number of aromatic carboxylic acids is 1. The molecular weight excluding hydrogens is 274 g/mol. The number of carboxylic acid groups (broad SMARTS) is 1. The van der Waals surface area contributed by atoms with Gasteiger partial charge in [0.15, 0.2) is 11.5 Å². The fourth-order valence-corrected chi connectivity index (χ4v) is 2.02. The number of phenolic OH excluding ortho intramolecular Hbond substituents is 1. The number of phenols is 1. The normalized spacial score (nSPS) is 10.5. The number of hydrogen-bond acceptors (Lipinski definition) is 5. The number of ether oxygens (including phenoxy) is 1. The predicted octanol–water partition coefficient (Wildman–Crippen LogP) is 2.72. The molecule has 1 heterocycles. The topological polar surface area (TPSA) is 92.8 Å². The lowest BCUT2D eigenvalue weighted by molar-refractivity contribution is 0.0686. The van der Waals surface area contributed by atoms with Gasteiger partial charge in [0.2, 0.25) is 0 Å². The molecule has 2 rings (SSSR count). The van der Waals surface area contributed by atoms with Gasteiger partial charge < -0.3 is 19.5 Å². The molecule has 0 unspecified atom stereocenters. The van der Waals surface area contributed by atoms with Crippen molar-refractivity contribution in [1.29, 1.82) is 0 Å². The summed E-state index contributed by atoms with van der Waals surface area (Å²) in [6.07, 6.45) is 0. The maximum absolute atomic E-state index is 10.7. The minimum Gasteiger partial charge on any atom is -0.507 e. The quantitative estimate of drug-likeness (QED) is 0.899. The average molecular weight is 284 g/mol. The number of methoxy groups -OCH3 is 1. The van der Waals surface area contributed by atoms with Crippen LogP contribution in [0.4, 0.5) is 0 Å². The van der Waals surface area contributed by atoms with Crippen molar-refractivity contribution in [3.63, 3.8) is 0 Å². The third-order valence-corrected chi connectivity index (χ3v) is 2.92. The van der Waals surface area contributed by atoms with E-state index >= 15 is 0 Å². The molecule has 0 aliphatic carbocycles. The zero-order valence-electron chi connectivity index (χ0n) is 10.1. The average Bonchev–Trinajstić information content (AvgIpc) is 2.84. The Kier molecular flexibility index (Phi) is 3.35. The highest BCUT2D eigenvalue weighted by Crippen LogP contribution is 2.41. The zero-order valence-corrected chi connectivity index (χ0v) is 10.9. The third-order valence-electron chi connectivity index (χ3n) is 2.64. The summed E-state index contributed by atoms with van der Waals surface area (Å²) in [5, 5.41) is 22.5. The second-order valence-electron chi connectivity index (χ2n) is 3.79. The van der Waals surface area contributed by atoms with E-state index in [1.807, 2.05) is 0 Å². The molecule has 19 heavy (non-hydrogen) atoms. The highest BCUT2D eigenvalue weighted by molar-refractivity contribution is 6.32. The number of carbonyl (C=O) groups is 1. The molecule has 0 radical (unpaired) electrons. The first-order valence-corrected chi connectivity index (χ1v) is 5.60. The first-order chi connectivity index (χ1) is 8.95. The fraction of sp³-hybridized carbons (Fsp3) is 0.167. The van der Waals surface area contributed by atoms with Crippen LogP contribution in [0.1, 0.15) is 16.1 Å². The molecule has 7 heteroatoms. The molecule has 0 aliphatic rings. The summed E-state index contributed by atoms with van der Waals surface area (Å²) in [6, 6.07) is 2.63. The van der Waals surface area contributed by atoms with Gasteiger partial charge in [-0.2, -0.15) is 0 Å². The van der Waals surface area contributed by atoms with Crippen LogP contribution in [0, 0.1) is 6.92 Å². The van der Waals surface area contributed by atoms with E-state index in [1.54, 1.807) is 6.92 Å². The molecule has 1 aromatic carbocycles. The summed E-state index contributed by atoms with van der Waals surface area (Å²) in [5.41, 5.74) is 0.431. The second-order valence-corrected chi connectivity index (χ2v) is 4.20. The summed E-state index contributed by atoms with van der Waals surface area (Å²) in [7, 11) is 1.43. The van der Waals surface area contributed by atoms with Gasteiger partial charge in [0.25, 0.3) is 0 Å². The van der Waals surface area contributed by atoms with Crippen LogP contribution >= 0.6 is 11.6 Å². The monoisotopic (exact) mass is 283 g/mol. The molecule has 0 amide bonds. The zero-order chi connectivity index (χ0) is 14.2. The highest BCUT2D eigenvalue weighted by atomic mass is 35.5. The van der Waals surface area contributed by atoms with E-state index < -0.39 is 5.97 Å². The van der Waals surface area contributed by atoms with Gasteiger partial charge in [-0.3, -0.25) is 0 Å². The van der Waals surface area contributed by atoms with Crippen LogP contribution in [0.25, 0.3) is 11.3 Å². The van der Waals surface area contributed by atoms with E-state index in [4.69, 9.17) is 26.0 Å². The van der Waals surface area contributed by atoms with Crippen molar-refractivity contribution in [1.82, 2.24) is 5.16 Å². The molecule has 1 aromatic heterocycles. The van der Waals surface area contributed by atoms with Crippen LogP contribution < -0.4 is 4.74 Å². The lowest BCUT2D eigenvalue weighted by Gasteiger charge is -2.11. The van der Waals surface area contributed by atoms with Gasteiger partial charge in [-0.1, -0.05) is 16.8 Å². The maximum Gasteiger partial charge on any atom is 0.358 e. The summed E-state index contributed by atoms with van der Waals surface area (Å²) in [4.78, 5) is 10.7. The Morgan fingerprint density at radius 2 is 2.16 bits per heavy atom. The van der Waals surface area contributed by atoms with Gasteiger partial charge in [-0.05, 0) is 13.0 Å². The second kappa shape index (κ2) is 4.81. The first-order valence-electron chi connectivity index (χ1n) is 5.22. The van der Waals surface area contributed by atoms with Crippen molar-refractivity contribution in [3.05, 3.63) is 28.4 Å². The molecular formula is C12H10ClNO5. The number of aromatic hydroxyl groups is 1. The summed E-state index contributed by atoms with van der Waals surface area (Å²) < 4.78 is 9.94. The van der Waals surface area contributed by atoms with Crippen LogP contribution in [-0.4, -0.2) is 28.4 Å². The number of carboxylic acids is 1. The Labute approximate surface area is 113 Å². The number of benzene rings is 1. The molecule has 0 atom stereocenters. The lowest BCUT2D eigenvalue weighted by atomic mass is 10.1. The number of rotatable bonds is 3. The van der Waals surface area contributed by atoms with Crippen LogP contribution in [0.2, 0.25) is 5.02 Å². The van der Waals surface area contributed by atoms with Crippen molar-refractivity contribution < 1.29 is 24.3 Å². The van der Waals surface area contributed by atoms with E-state index in [9.17, 15) is 9.90 Å². The molecule has 0 saturated carbocycles. The molecule has 2 N–H and O–H groups in total. The van der Waals surface area contributed by atoms with E-state index in [2.05, 4.69) is 5.16 Å². The van der Waals surface area contributed by atoms with Gasteiger partial charge in [0.1, 0.15) is 11.5 Å². The van der Waals surface area contributed by atoms with E-state index in [0.717, 1.165) is 0 Å². The van der Waals surface area contributed by atoms with Gasteiger partial charge in [0.05, 0.1) is 17.7 Å². The summed E-state index contributed by atoms with van der Waals surface area (Å²) in [6.45, 7) is 1.62. The predicted molar refractivity (Wildman–Crippen MR) is 66.9 cm³/mol. The van der Waals surface area contributed by atoms with Gasteiger partial charge in [0, 0.05) is 11.6 Å². The van der Waals surface area contributed by atoms with Crippen molar-refractivity contribution >= 4 is 17.6 Å². The van der Waals surface area contributed by atoms with E-state index in [0.29, 0.717) is 11.3 Å². The van der Waals surface area contributed by atoms with Crippen molar-refractivity contribution in [2.75, 3.05) is 7.11 Å². The van der Waals surface area contributed by atoms with Gasteiger partial charge in [-0.25, -0.2) is 4.79 Å². The SMILES string of the molecule is COc1c(Cl)cc(-c2cc(C(=O)O)no2)c(O)c1C. The Morgan fingerprint density at radius 3 is 2.68 bits per heavy atom. The van der Waals surface area contributed by atoms with E-state index in [-0.39, 0.29) is 27.8 Å². The molecule has 0 bridgehead atoms. The molecule has 0 spiro atoms. The minimum absolute atomic E-state index is 0.102. The number of nitrogens with zero attached hydrogens (tertiary/aromatic N) is 1. The molecule has 6 nitrogen and oxygen atoms in total.